The van der Waals surface area contributed by atoms with Crippen LogP contribution in [0.1, 0.15) is 63.0 Å². The second kappa shape index (κ2) is 9.32. The van der Waals surface area contributed by atoms with Gasteiger partial charge in [0.2, 0.25) is 11.8 Å². The first-order chi connectivity index (χ1) is 16.0. The first-order valence-electron chi connectivity index (χ1n) is 12.7. The molecule has 2 aliphatic carbocycles. The zero-order chi connectivity index (χ0) is 22.9. The number of aryl methyl sites for hydroxylation is 1. The van der Waals surface area contributed by atoms with E-state index in [0.717, 1.165) is 61.3 Å². The van der Waals surface area contributed by atoms with Crippen molar-refractivity contribution in [2.24, 2.45) is 5.92 Å². The molecule has 176 valence electrons. The molecule has 3 aliphatic rings. The highest BCUT2D eigenvalue weighted by atomic mass is 16.2. The van der Waals surface area contributed by atoms with Gasteiger partial charge < -0.3 is 14.7 Å². The van der Waals surface area contributed by atoms with E-state index in [1.54, 1.807) is 6.92 Å². The van der Waals surface area contributed by atoms with Gasteiger partial charge in [0.25, 0.3) is 0 Å². The number of carbonyl (C=O) groups is 2. The van der Waals surface area contributed by atoms with Crippen molar-refractivity contribution >= 4 is 28.5 Å². The highest BCUT2D eigenvalue weighted by Gasteiger charge is 2.35. The van der Waals surface area contributed by atoms with E-state index in [4.69, 9.17) is 4.98 Å². The van der Waals surface area contributed by atoms with Crippen LogP contribution in [-0.2, 0) is 16.1 Å². The minimum Gasteiger partial charge on any atom is -0.353 e. The van der Waals surface area contributed by atoms with Crippen LogP contribution in [0.25, 0.3) is 10.9 Å². The van der Waals surface area contributed by atoms with Crippen LogP contribution in [0.15, 0.2) is 24.3 Å². The number of fused-ring (bicyclic) bond motifs is 1. The molecule has 1 aromatic heterocycles. The standard InChI is InChI=1S/C27H36N4O2/c1-19-7-8-22-17-23(18-31(24-9-10-24)26(33)16-21-5-3-4-6-21)27(28-25(22)15-19)30-13-11-29(12-14-30)20(2)32/h7-8,15,17,21,24H,3-6,9-14,16,18H2,1-2H3. The van der Waals surface area contributed by atoms with Crippen molar-refractivity contribution in [1.82, 2.24) is 14.8 Å². The van der Waals surface area contributed by atoms with Crippen molar-refractivity contribution in [3.63, 3.8) is 0 Å². The average molecular weight is 449 g/mol. The van der Waals surface area contributed by atoms with Crippen LogP contribution in [0.3, 0.4) is 0 Å². The van der Waals surface area contributed by atoms with E-state index in [9.17, 15) is 9.59 Å². The van der Waals surface area contributed by atoms with E-state index in [-0.39, 0.29) is 5.91 Å². The fourth-order valence-corrected chi connectivity index (χ4v) is 5.50. The number of amides is 2. The molecule has 6 nitrogen and oxygen atoms in total. The molecule has 3 fully saturated rings. The van der Waals surface area contributed by atoms with E-state index in [2.05, 4.69) is 41.0 Å². The Kier molecular flexibility index (Phi) is 6.26. The maximum absolute atomic E-state index is 13.3. The van der Waals surface area contributed by atoms with Crippen molar-refractivity contribution in [1.29, 1.82) is 0 Å². The molecule has 0 spiro atoms. The van der Waals surface area contributed by atoms with E-state index in [0.29, 0.717) is 30.8 Å². The number of carbonyl (C=O) groups excluding carboxylic acids is 2. The molecule has 0 N–H and O–H groups in total. The second-order valence-corrected chi connectivity index (χ2v) is 10.3. The summed E-state index contributed by atoms with van der Waals surface area (Å²) in [5.74, 6) is 2.00. The minimum absolute atomic E-state index is 0.134. The van der Waals surface area contributed by atoms with Gasteiger partial charge in [0.15, 0.2) is 0 Å². The van der Waals surface area contributed by atoms with Crippen molar-refractivity contribution in [3.8, 4) is 0 Å². The molecule has 0 atom stereocenters. The Morgan fingerprint density at radius 2 is 1.76 bits per heavy atom. The molecular formula is C27H36N4O2. The SMILES string of the molecule is CC(=O)N1CCN(c2nc3cc(C)ccc3cc2CN(C(=O)CC2CCCC2)C2CC2)CC1. The molecule has 1 saturated heterocycles. The number of rotatable bonds is 6. The number of aromatic nitrogens is 1. The molecule has 33 heavy (non-hydrogen) atoms. The number of hydrogen-bond donors (Lipinski definition) is 0. The summed E-state index contributed by atoms with van der Waals surface area (Å²) >= 11 is 0. The fraction of sp³-hybridized carbons (Fsp3) is 0.593. The smallest absolute Gasteiger partial charge is 0.223 e. The Morgan fingerprint density at radius 3 is 2.42 bits per heavy atom. The molecule has 5 rings (SSSR count). The lowest BCUT2D eigenvalue weighted by molar-refractivity contribution is -0.133. The largest absolute Gasteiger partial charge is 0.353 e. The highest BCUT2D eigenvalue weighted by molar-refractivity contribution is 5.83. The average Bonchev–Trinajstić information content (AvgIpc) is 3.52. The van der Waals surface area contributed by atoms with E-state index < -0.39 is 0 Å². The number of piperazine rings is 1. The molecule has 2 heterocycles. The Balaban J connectivity index is 1.43. The van der Waals surface area contributed by atoms with Gasteiger partial charge in [-0.2, -0.15) is 0 Å². The summed E-state index contributed by atoms with van der Waals surface area (Å²) in [5, 5.41) is 1.13. The number of anilines is 1. The molecule has 0 radical (unpaired) electrons. The first-order valence-corrected chi connectivity index (χ1v) is 12.7. The third-order valence-electron chi connectivity index (χ3n) is 7.64. The minimum atomic E-state index is 0.134. The number of nitrogens with zero attached hydrogens (tertiary/aromatic N) is 4. The lowest BCUT2D eigenvalue weighted by Crippen LogP contribution is -2.48. The molecule has 1 aliphatic heterocycles. The molecule has 2 saturated carbocycles. The fourth-order valence-electron chi connectivity index (χ4n) is 5.50. The van der Waals surface area contributed by atoms with Gasteiger partial charge >= 0.3 is 0 Å². The summed E-state index contributed by atoms with van der Waals surface area (Å²) in [6.07, 6.45) is 7.87. The van der Waals surface area contributed by atoms with Crippen LogP contribution >= 0.6 is 0 Å². The Hall–Kier alpha value is -2.63. The monoisotopic (exact) mass is 448 g/mol. The molecule has 1 aromatic carbocycles. The number of benzene rings is 1. The van der Waals surface area contributed by atoms with Gasteiger partial charge in [-0.1, -0.05) is 25.0 Å². The Bertz CT molecular complexity index is 1030. The summed E-state index contributed by atoms with van der Waals surface area (Å²) in [7, 11) is 0. The van der Waals surface area contributed by atoms with Crippen LogP contribution < -0.4 is 4.90 Å². The molecule has 0 bridgehead atoms. The molecule has 2 aromatic rings. The second-order valence-electron chi connectivity index (χ2n) is 10.3. The number of pyridine rings is 1. The van der Waals surface area contributed by atoms with Gasteiger partial charge in [-0.25, -0.2) is 4.98 Å². The Morgan fingerprint density at radius 1 is 1.03 bits per heavy atom. The molecule has 0 unspecified atom stereocenters. The van der Waals surface area contributed by atoms with E-state index >= 15 is 0 Å². The summed E-state index contributed by atoms with van der Waals surface area (Å²) < 4.78 is 0. The van der Waals surface area contributed by atoms with Crippen LogP contribution in [-0.4, -0.2) is 58.8 Å². The van der Waals surface area contributed by atoms with Crippen molar-refractivity contribution in [2.45, 2.75) is 71.4 Å². The lowest BCUT2D eigenvalue weighted by atomic mass is 10.0. The quantitative estimate of drug-likeness (QED) is 0.662. The third-order valence-corrected chi connectivity index (χ3v) is 7.64. The third kappa shape index (κ3) is 4.99. The summed E-state index contributed by atoms with van der Waals surface area (Å²) in [6, 6.07) is 9.03. The first kappa shape index (κ1) is 22.2. The maximum Gasteiger partial charge on any atom is 0.223 e. The normalized spacial score (nSPS) is 19.3. The maximum atomic E-state index is 13.3. The van der Waals surface area contributed by atoms with Gasteiger partial charge in [-0.05, 0) is 56.2 Å². The molecule has 6 heteroatoms. The molecule has 2 amide bonds. The van der Waals surface area contributed by atoms with E-state index in [1.807, 2.05) is 4.90 Å². The van der Waals surface area contributed by atoms with Gasteiger partial charge in [0.1, 0.15) is 5.82 Å². The van der Waals surface area contributed by atoms with Crippen LogP contribution in [0, 0.1) is 12.8 Å². The van der Waals surface area contributed by atoms with Crippen LogP contribution in [0.2, 0.25) is 0 Å². The van der Waals surface area contributed by atoms with E-state index in [1.165, 1.54) is 31.2 Å². The highest BCUT2D eigenvalue weighted by Crippen LogP contribution is 2.35. The zero-order valence-electron chi connectivity index (χ0n) is 20.1. The summed E-state index contributed by atoms with van der Waals surface area (Å²) in [6.45, 7) is 7.35. The zero-order valence-corrected chi connectivity index (χ0v) is 20.1. The van der Waals surface area contributed by atoms with Crippen LogP contribution in [0.5, 0.6) is 0 Å². The van der Waals surface area contributed by atoms with Crippen molar-refractivity contribution < 1.29 is 9.59 Å². The van der Waals surface area contributed by atoms with Gasteiger partial charge in [0, 0.05) is 63.1 Å². The summed E-state index contributed by atoms with van der Waals surface area (Å²) in [4.78, 5) is 36.6. The predicted octanol–water partition coefficient (Wildman–Crippen LogP) is 4.28. The van der Waals surface area contributed by atoms with Crippen molar-refractivity contribution in [3.05, 3.63) is 35.4 Å². The topological polar surface area (TPSA) is 56.8 Å². The Labute approximate surface area is 196 Å². The predicted molar refractivity (Wildman–Crippen MR) is 131 cm³/mol. The number of hydrogen-bond acceptors (Lipinski definition) is 4. The molecular weight excluding hydrogens is 412 g/mol. The van der Waals surface area contributed by atoms with Gasteiger partial charge in [0.05, 0.1) is 5.52 Å². The lowest BCUT2D eigenvalue weighted by Gasteiger charge is -2.36. The van der Waals surface area contributed by atoms with Crippen molar-refractivity contribution in [2.75, 3.05) is 31.1 Å². The van der Waals surface area contributed by atoms with Crippen LogP contribution in [0.4, 0.5) is 5.82 Å². The van der Waals surface area contributed by atoms with Gasteiger partial charge in [-0.15, -0.1) is 0 Å². The summed E-state index contributed by atoms with van der Waals surface area (Å²) in [5.41, 5.74) is 3.33. The van der Waals surface area contributed by atoms with Gasteiger partial charge in [-0.3, -0.25) is 9.59 Å².